The number of amides is 1. The molecule has 0 aromatic heterocycles. The number of hydrogen-bond donors (Lipinski definition) is 0. The Balaban J connectivity index is 1.33. The zero-order chi connectivity index (χ0) is 24.6. The summed E-state index contributed by atoms with van der Waals surface area (Å²) < 4.78 is 11.6. The Morgan fingerprint density at radius 3 is 2.31 bits per heavy atom. The van der Waals surface area contributed by atoms with Gasteiger partial charge in [-0.2, -0.15) is 0 Å². The highest BCUT2D eigenvalue weighted by Gasteiger charge is 2.24. The molecule has 4 rings (SSSR count). The van der Waals surface area contributed by atoms with Crippen molar-refractivity contribution < 1.29 is 14.3 Å². The average molecular weight is 493 g/mol. The molecule has 6 heteroatoms. The van der Waals surface area contributed by atoms with Crippen LogP contribution in [0.2, 0.25) is 5.02 Å². The van der Waals surface area contributed by atoms with Crippen LogP contribution in [-0.4, -0.2) is 55.5 Å². The molecule has 0 unspecified atom stereocenters. The summed E-state index contributed by atoms with van der Waals surface area (Å²) in [7, 11) is 1.64. The summed E-state index contributed by atoms with van der Waals surface area (Å²) in [6.07, 6.45) is 0.339. The largest absolute Gasteiger partial charge is 0.497 e. The molecular formula is C29H33ClN2O3. The number of carbonyl (C=O) groups is 1. The number of ether oxygens (including phenoxy) is 2. The predicted octanol–water partition coefficient (Wildman–Crippen LogP) is 5.30. The number of piperazine rings is 1. The maximum absolute atomic E-state index is 12.8. The van der Waals surface area contributed by atoms with Crippen LogP contribution in [0.25, 0.3) is 0 Å². The lowest BCUT2D eigenvalue weighted by Crippen LogP contribution is -2.50. The van der Waals surface area contributed by atoms with Crippen LogP contribution in [0.1, 0.15) is 28.4 Å². The fraction of sp³-hybridized carbons (Fsp3) is 0.345. The number of methoxy groups -OCH3 is 1. The molecule has 35 heavy (non-hydrogen) atoms. The van der Waals surface area contributed by atoms with Gasteiger partial charge in [0.1, 0.15) is 5.75 Å². The number of aryl methyl sites for hydroxylation is 1. The van der Waals surface area contributed by atoms with Gasteiger partial charge in [-0.05, 0) is 47.9 Å². The van der Waals surface area contributed by atoms with E-state index in [2.05, 4.69) is 36.1 Å². The predicted molar refractivity (Wildman–Crippen MR) is 140 cm³/mol. The third kappa shape index (κ3) is 7.31. The van der Waals surface area contributed by atoms with Gasteiger partial charge in [-0.1, -0.05) is 65.7 Å². The Hall–Kier alpha value is -2.86. The van der Waals surface area contributed by atoms with E-state index < -0.39 is 0 Å². The molecule has 0 bridgehead atoms. The summed E-state index contributed by atoms with van der Waals surface area (Å²) >= 11 is 6.12. The fourth-order valence-electron chi connectivity index (χ4n) is 4.37. The summed E-state index contributed by atoms with van der Waals surface area (Å²) in [5, 5.41) is 0.718. The van der Waals surface area contributed by atoms with E-state index in [9.17, 15) is 4.79 Å². The van der Waals surface area contributed by atoms with Gasteiger partial charge in [0, 0.05) is 37.7 Å². The smallest absolute Gasteiger partial charge is 0.227 e. The molecule has 0 aliphatic carbocycles. The molecule has 1 saturated heterocycles. The SMILES string of the molecule is COc1ccc(CC(=O)N2CCN(C[C@H](OCc3cccc(C)c3)c3ccc(Cl)cc3)CC2)cc1. The lowest BCUT2D eigenvalue weighted by molar-refractivity contribution is -0.132. The first-order valence-corrected chi connectivity index (χ1v) is 12.4. The molecule has 0 spiro atoms. The van der Waals surface area contributed by atoms with Crippen molar-refractivity contribution in [2.75, 3.05) is 39.8 Å². The molecule has 1 aliphatic heterocycles. The van der Waals surface area contributed by atoms with Gasteiger partial charge in [-0.25, -0.2) is 0 Å². The first kappa shape index (κ1) is 25.2. The molecule has 1 aliphatic rings. The van der Waals surface area contributed by atoms with E-state index in [-0.39, 0.29) is 12.0 Å². The van der Waals surface area contributed by atoms with Gasteiger partial charge in [-0.15, -0.1) is 0 Å². The van der Waals surface area contributed by atoms with Crippen LogP contribution < -0.4 is 4.74 Å². The van der Waals surface area contributed by atoms with E-state index in [1.54, 1.807) is 7.11 Å². The first-order valence-electron chi connectivity index (χ1n) is 12.1. The van der Waals surface area contributed by atoms with E-state index in [0.717, 1.165) is 60.2 Å². The van der Waals surface area contributed by atoms with Gasteiger partial charge >= 0.3 is 0 Å². The average Bonchev–Trinajstić information content (AvgIpc) is 2.88. The Bertz CT molecular complexity index is 1090. The molecule has 0 saturated carbocycles. The van der Waals surface area contributed by atoms with Crippen molar-refractivity contribution in [1.29, 1.82) is 0 Å². The van der Waals surface area contributed by atoms with Crippen LogP contribution in [-0.2, 0) is 22.6 Å². The highest BCUT2D eigenvalue weighted by atomic mass is 35.5. The van der Waals surface area contributed by atoms with Crippen LogP contribution in [0, 0.1) is 6.92 Å². The molecule has 1 amide bonds. The first-order chi connectivity index (χ1) is 17.0. The molecule has 184 valence electrons. The minimum absolute atomic E-state index is 0.0747. The third-order valence-electron chi connectivity index (χ3n) is 6.44. The monoisotopic (exact) mass is 492 g/mol. The standard InChI is InChI=1S/C29H33ClN2O3/c1-22-4-3-5-24(18-22)21-35-28(25-8-10-26(30)11-9-25)20-31-14-16-32(17-15-31)29(33)19-23-6-12-27(34-2)13-7-23/h3-13,18,28H,14-17,19-21H2,1-2H3/t28-/m0/s1. The molecule has 0 radical (unpaired) electrons. The van der Waals surface area contributed by atoms with Crippen molar-refractivity contribution in [3.63, 3.8) is 0 Å². The van der Waals surface area contributed by atoms with Gasteiger partial charge < -0.3 is 14.4 Å². The van der Waals surface area contributed by atoms with Crippen molar-refractivity contribution >= 4 is 17.5 Å². The Labute approximate surface area is 213 Å². The van der Waals surface area contributed by atoms with Crippen molar-refractivity contribution in [2.45, 2.75) is 26.1 Å². The second-order valence-corrected chi connectivity index (χ2v) is 9.48. The zero-order valence-electron chi connectivity index (χ0n) is 20.5. The summed E-state index contributed by atoms with van der Waals surface area (Å²) in [5.74, 6) is 0.967. The van der Waals surface area contributed by atoms with Gasteiger partial charge in [-0.3, -0.25) is 9.69 Å². The van der Waals surface area contributed by atoms with Gasteiger partial charge in [0.2, 0.25) is 5.91 Å². The maximum atomic E-state index is 12.8. The van der Waals surface area contributed by atoms with Gasteiger partial charge in [0.25, 0.3) is 0 Å². The van der Waals surface area contributed by atoms with Crippen LogP contribution in [0.15, 0.2) is 72.8 Å². The Morgan fingerprint density at radius 2 is 1.66 bits per heavy atom. The number of rotatable bonds is 9. The van der Waals surface area contributed by atoms with E-state index >= 15 is 0 Å². The van der Waals surface area contributed by atoms with Crippen molar-refractivity contribution in [2.24, 2.45) is 0 Å². The second-order valence-electron chi connectivity index (χ2n) is 9.05. The number of nitrogens with zero attached hydrogens (tertiary/aromatic N) is 2. The third-order valence-corrected chi connectivity index (χ3v) is 6.69. The van der Waals surface area contributed by atoms with Gasteiger partial charge in [0.15, 0.2) is 0 Å². The van der Waals surface area contributed by atoms with Crippen LogP contribution in [0.5, 0.6) is 5.75 Å². The number of carbonyl (C=O) groups excluding carboxylic acids is 1. The zero-order valence-corrected chi connectivity index (χ0v) is 21.2. The number of benzene rings is 3. The molecular weight excluding hydrogens is 460 g/mol. The summed E-state index contributed by atoms with van der Waals surface area (Å²) in [4.78, 5) is 17.2. The highest BCUT2D eigenvalue weighted by molar-refractivity contribution is 6.30. The highest BCUT2D eigenvalue weighted by Crippen LogP contribution is 2.24. The van der Waals surface area contributed by atoms with E-state index in [0.29, 0.717) is 13.0 Å². The van der Waals surface area contributed by atoms with E-state index in [4.69, 9.17) is 21.1 Å². The molecule has 3 aromatic carbocycles. The minimum Gasteiger partial charge on any atom is -0.497 e. The lowest BCUT2D eigenvalue weighted by atomic mass is 10.1. The number of hydrogen-bond acceptors (Lipinski definition) is 4. The number of halogens is 1. The second kappa shape index (κ2) is 12.2. The van der Waals surface area contributed by atoms with Crippen LogP contribution in [0.3, 0.4) is 0 Å². The summed E-state index contributed by atoms with van der Waals surface area (Å²) in [6.45, 7) is 6.51. The van der Waals surface area contributed by atoms with E-state index in [1.807, 2.05) is 53.4 Å². The van der Waals surface area contributed by atoms with Crippen molar-refractivity contribution in [3.8, 4) is 5.75 Å². The quantitative estimate of drug-likeness (QED) is 0.406. The molecule has 1 atom stereocenters. The molecule has 3 aromatic rings. The summed E-state index contributed by atoms with van der Waals surface area (Å²) in [6, 6.07) is 24.0. The fourth-order valence-corrected chi connectivity index (χ4v) is 4.50. The molecule has 1 fully saturated rings. The Morgan fingerprint density at radius 1 is 0.943 bits per heavy atom. The van der Waals surface area contributed by atoms with Crippen LogP contribution in [0.4, 0.5) is 0 Å². The van der Waals surface area contributed by atoms with Gasteiger partial charge in [0.05, 0.1) is 26.2 Å². The normalized spacial score (nSPS) is 15.1. The maximum Gasteiger partial charge on any atom is 0.227 e. The summed E-state index contributed by atoms with van der Waals surface area (Å²) in [5.41, 5.74) is 4.51. The van der Waals surface area contributed by atoms with E-state index in [1.165, 1.54) is 5.56 Å². The van der Waals surface area contributed by atoms with Crippen molar-refractivity contribution in [3.05, 3.63) is 100 Å². The minimum atomic E-state index is -0.0747. The Kier molecular flexibility index (Phi) is 8.80. The van der Waals surface area contributed by atoms with Crippen LogP contribution >= 0.6 is 11.6 Å². The van der Waals surface area contributed by atoms with Crippen molar-refractivity contribution in [1.82, 2.24) is 9.80 Å². The molecule has 5 nitrogen and oxygen atoms in total. The topological polar surface area (TPSA) is 42.0 Å². The lowest BCUT2D eigenvalue weighted by Gasteiger charge is -2.36. The molecule has 1 heterocycles. The molecule has 0 N–H and O–H groups in total.